The molecule has 1 aromatic rings. The van der Waals surface area contributed by atoms with Crippen molar-refractivity contribution in [3.8, 4) is 0 Å². The van der Waals surface area contributed by atoms with E-state index in [-0.39, 0.29) is 0 Å². The molecule has 0 heterocycles. The van der Waals surface area contributed by atoms with Crippen molar-refractivity contribution in [1.29, 1.82) is 0 Å². The topological polar surface area (TPSA) is 70.6 Å². The Balaban J connectivity index is 3.09. The molecule has 0 atom stereocenters. The van der Waals surface area contributed by atoms with Gasteiger partial charge in [0.15, 0.2) is 0 Å². The average molecular weight is 323 g/mol. The third-order valence-corrected chi connectivity index (χ3v) is 3.09. The van der Waals surface area contributed by atoms with Gasteiger partial charge in [-0.1, -0.05) is 18.2 Å². The van der Waals surface area contributed by atoms with Crippen molar-refractivity contribution in [2.75, 3.05) is 5.32 Å². The Labute approximate surface area is 121 Å². The van der Waals surface area contributed by atoms with E-state index in [0.29, 0.717) is 5.69 Å². The van der Waals surface area contributed by atoms with E-state index >= 15 is 0 Å². The number of para-hydroxylation sites is 1. The van der Waals surface area contributed by atoms with Crippen molar-refractivity contribution in [3.63, 3.8) is 0 Å². The molecular weight excluding hydrogens is 307 g/mol. The first-order chi connectivity index (χ1) is 9.41. The van der Waals surface area contributed by atoms with Crippen LogP contribution in [-0.2, 0) is 10.0 Å². The number of hydrogen-bond donors (Lipinski definition) is 2. The summed E-state index contributed by atoms with van der Waals surface area (Å²) in [4.78, 5) is 3.92. The maximum Gasteiger partial charge on any atom is 0.516 e. The van der Waals surface area contributed by atoms with Gasteiger partial charge in [-0.2, -0.15) is 21.6 Å². The van der Waals surface area contributed by atoms with Gasteiger partial charge in [-0.15, -0.1) is 0 Å². The van der Waals surface area contributed by atoms with Gasteiger partial charge in [-0.3, -0.25) is 0 Å². The summed E-state index contributed by atoms with van der Waals surface area (Å²) in [5.41, 5.74) is -5.78. The van der Waals surface area contributed by atoms with Crippen LogP contribution in [0.25, 0.3) is 0 Å². The van der Waals surface area contributed by atoms with Crippen LogP contribution in [0.3, 0.4) is 0 Å². The van der Waals surface area contributed by atoms with Gasteiger partial charge in [0.05, 0.1) is 5.54 Å². The maximum atomic E-state index is 12.4. The number of halogens is 3. The molecule has 1 aromatic carbocycles. The summed E-state index contributed by atoms with van der Waals surface area (Å²) in [5, 5.41) is 2.52. The molecular formula is C12H16F3N3O2S. The molecule has 0 aliphatic rings. The molecule has 0 bridgehead atoms. The smallest absolute Gasteiger partial charge is 0.326 e. The highest BCUT2D eigenvalue weighted by atomic mass is 32.2. The number of nitrogens with zero attached hydrogens (tertiary/aromatic N) is 1. The van der Waals surface area contributed by atoms with Crippen LogP contribution < -0.4 is 10.0 Å². The van der Waals surface area contributed by atoms with Crippen LogP contribution in [0.5, 0.6) is 0 Å². The van der Waals surface area contributed by atoms with Crippen molar-refractivity contribution in [3.05, 3.63) is 30.3 Å². The number of guanidine groups is 1. The zero-order valence-corrected chi connectivity index (χ0v) is 12.5. The third-order valence-electron chi connectivity index (χ3n) is 2.02. The Bertz CT molecular complexity index is 605. The number of sulfonamides is 1. The maximum absolute atomic E-state index is 12.4. The molecule has 9 heteroatoms. The lowest BCUT2D eigenvalue weighted by Crippen LogP contribution is -2.44. The van der Waals surface area contributed by atoms with Crippen LogP contribution in [0.2, 0.25) is 0 Å². The van der Waals surface area contributed by atoms with Crippen molar-refractivity contribution < 1.29 is 21.6 Å². The first kappa shape index (κ1) is 17.3. The second kappa shape index (κ2) is 5.92. The number of rotatable bonds is 2. The van der Waals surface area contributed by atoms with Crippen LogP contribution in [0.15, 0.2) is 35.3 Å². The van der Waals surface area contributed by atoms with Crippen LogP contribution in [-0.4, -0.2) is 25.4 Å². The minimum absolute atomic E-state index is 0.408. The second-order valence-electron chi connectivity index (χ2n) is 5.17. The van der Waals surface area contributed by atoms with E-state index in [0.717, 1.165) is 0 Å². The average Bonchev–Trinajstić information content (AvgIpc) is 2.25. The van der Waals surface area contributed by atoms with E-state index in [1.165, 1.54) is 4.72 Å². The zero-order valence-electron chi connectivity index (χ0n) is 11.7. The number of alkyl halides is 3. The second-order valence-corrected chi connectivity index (χ2v) is 6.85. The largest absolute Gasteiger partial charge is 0.516 e. The van der Waals surface area contributed by atoms with E-state index in [2.05, 4.69) is 10.3 Å². The first-order valence-electron chi connectivity index (χ1n) is 5.92. The zero-order chi connectivity index (χ0) is 16.3. The van der Waals surface area contributed by atoms with Crippen LogP contribution in [0, 0.1) is 0 Å². The normalized spacial score (nSPS) is 13.9. The molecule has 0 amide bonds. The Kier molecular flexibility index (Phi) is 4.87. The first-order valence-corrected chi connectivity index (χ1v) is 7.40. The van der Waals surface area contributed by atoms with Gasteiger partial charge in [0.25, 0.3) is 0 Å². The van der Waals surface area contributed by atoms with Crippen LogP contribution >= 0.6 is 0 Å². The Hall–Kier alpha value is -1.77. The Morgan fingerprint density at radius 1 is 1.10 bits per heavy atom. The summed E-state index contributed by atoms with van der Waals surface area (Å²) in [6, 6.07) is 8.15. The highest BCUT2D eigenvalue weighted by Gasteiger charge is 2.46. The monoisotopic (exact) mass is 323 g/mol. The van der Waals surface area contributed by atoms with E-state index in [1.807, 2.05) is 0 Å². The Morgan fingerprint density at radius 2 is 1.62 bits per heavy atom. The van der Waals surface area contributed by atoms with Gasteiger partial charge in [-0.05, 0) is 32.9 Å². The standard InChI is InChI=1S/C12H16F3N3O2S/c1-11(2,3)17-10(16-9-7-5-4-6-8-9)18-21(19,20)12(13,14)15/h4-8H,1-3H3,(H2,16,17,18). The summed E-state index contributed by atoms with van der Waals surface area (Å²) < 4.78 is 61.1. The SMILES string of the molecule is CC(C)(C)N=C(Nc1ccccc1)NS(=O)(=O)C(F)(F)F. The molecule has 21 heavy (non-hydrogen) atoms. The lowest BCUT2D eigenvalue weighted by atomic mass is 10.1. The van der Waals surface area contributed by atoms with E-state index in [9.17, 15) is 21.6 Å². The molecule has 0 unspecified atom stereocenters. The number of nitrogens with one attached hydrogen (secondary N) is 2. The molecule has 0 aliphatic carbocycles. The van der Waals surface area contributed by atoms with E-state index in [1.54, 1.807) is 51.1 Å². The van der Waals surface area contributed by atoms with Crippen molar-refractivity contribution >= 4 is 21.7 Å². The molecule has 0 radical (unpaired) electrons. The Morgan fingerprint density at radius 3 is 2.05 bits per heavy atom. The molecule has 0 aromatic heterocycles. The molecule has 1 rings (SSSR count). The van der Waals surface area contributed by atoms with Gasteiger partial charge in [0.1, 0.15) is 0 Å². The minimum atomic E-state index is -5.53. The number of anilines is 1. The third kappa shape index (κ3) is 5.62. The van der Waals surface area contributed by atoms with Crippen LogP contribution in [0.1, 0.15) is 20.8 Å². The number of aliphatic imine (C=N–C) groups is 1. The molecule has 118 valence electrons. The fourth-order valence-corrected chi connectivity index (χ4v) is 1.72. The predicted octanol–water partition coefficient (Wildman–Crippen LogP) is 2.69. The summed E-state index contributed by atoms with van der Waals surface area (Å²) >= 11 is 0. The number of hydrogen-bond acceptors (Lipinski definition) is 3. The lowest BCUT2D eigenvalue weighted by molar-refractivity contribution is -0.0442. The minimum Gasteiger partial charge on any atom is -0.326 e. The highest BCUT2D eigenvalue weighted by molar-refractivity contribution is 7.90. The summed E-state index contributed by atoms with van der Waals surface area (Å²) in [5.74, 6) is -0.494. The fourth-order valence-electron chi connectivity index (χ4n) is 1.26. The van der Waals surface area contributed by atoms with Crippen molar-refractivity contribution in [2.45, 2.75) is 31.8 Å². The summed E-state index contributed by atoms with van der Waals surface area (Å²) in [7, 11) is -5.53. The van der Waals surface area contributed by atoms with Crippen molar-refractivity contribution in [2.24, 2.45) is 4.99 Å². The molecule has 0 fully saturated rings. The number of benzene rings is 1. The molecule has 0 saturated carbocycles. The highest BCUT2D eigenvalue weighted by Crippen LogP contribution is 2.22. The quantitative estimate of drug-likeness (QED) is 0.649. The van der Waals surface area contributed by atoms with Gasteiger partial charge < -0.3 is 5.32 Å². The van der Waals surface area contributed by atoms with Gasteiger partial charge >= 0.3 is 15.5 Å². The summed E-state index contributed by atoms with van der Waals surface area (Å²) in [6.07, 6.45) is 0. The van der Waals surface area contributed by atoms with Gasteiger partial charge in [0, 0.05) is 5.69 Å². The van der Waals surface area contributed by atoms with Gasteiger partial charge in [0.2, 0.25) is 5.96 Å². The van der Waals surface area contributed by atoms with E-state index < -0.39 is 27.0 Å². The molecule has 0 spiro atoms. The molecule has 0 saturated heterocycles. The predicted molar refractivity (Wildman–Crippen MR) is 75.4 cm³/mol. The van der Waals surface area contributed by atoms with E-state index in [4.69, 9.17) is 0 Å². The fraction of sp³-hybridized carbons (Fsp3) is 0.417. The molecule has 2 N–H and O–H groups in total. The molecule has 0 aliphatic heterocycles. The lowest BCUT2D eigenvalue weighted by Gasteiger charge is -2.19. The van der Waals surface area contributed by atoms with Crippen LogP contribution in [0.4, 0.5) is 18.9 Å². The van der Waals surface area contributed by atoms with Crippen molar-refractivity contribution in [1.82, 2.24) is 4.72 Å². The summed E-state index contributed by atoms with van der Waals surface area (Å²) in [6.45, 7) is 4.88. The van der Waals surface area contributed by atoms with Gasteiger partial charge in [-0.25, -0.2) is 9.71 Å². The molecule has 5 nitrogen and oxygen atoms in total.